The van der Waals surface area contributed by atoms with Crippen LogP contribution in [0, 0.1) is 0 Å². The molecule has 5 nitrogen and oxygen atoms in total. The largest absolute Gasteiger partial charge is 0.381 e. The highest BCUT2D eigenvalue weighted by molar-refractivity contribution is 6.30. The minimum atomic E-state index is -0.856. The zero-order valence-corrected chi connectivity index (χ0v) is 13.7. The van der Waals surface area contributed by atoms with Crippen LogP contribution in [0.1, 0.15) is 31.4 Å². The van der Waals surface area contributed by atoms with Gasteiger partial charge in [-0.3, -0.25) is 4.79 Å². The first-order valence-corrected chi connectivity index (χ1v) is 7.80. The molecule has 6 heteroatoms. The first-order valence-electron chi connectivity index (χ1n) is 7.42. The number of amides is 1. The molecule has 0 aromatic heterocycles. The molecule has 1 aromatic carbocycles. The number of ether oxygens (including phenoxy) is 2. The molecule has 2 rings (SSSR count). The van der Waals surface area contributed by atoms with E-state index in [1.807, 2.05) is 19.1 Å². The first kappa shape index (κ1) is 17.2. The van der Waals surface area contributed by atoms with Gasteiger partial charge in [-0.25, -0.2) is 0 Å². The van der Waals surface area contributed by atoms with E-state index in [9.17, 15) is 4.79 Å². The third kappa shape index (κ3) is 3.98. The van der Waals surface area contributed by atoms with Gasteiger partial charge < -0.3 is 20.5 Å². The van der Waals surface area contributed by atoms with Crippen LogP contribution in [0.5, 0.6) is 0 Å². The van der Waals surface area contributed by atoms with Crippen molar-refractivity contribution < 1.29 is 14.3 Å². The number of nitrogens with one attached hydrogen (secondary N) is 1. The average Bonchev–Trinajstić information content (AvgIpc) is 2.50. The van der Waals surface area contributed by atoms with Crippen LogP contribution < -0.4 is 11.1 Å². The van der Waals surface area contributed by atoms with Gasteiger partial charge in [-0.15, -0.1) is 0 Å². The van der Waals surface area contributed by atoms with Gasteiger partial charge in [-0.1, -0.05) is 23.7 Å². The van der Waals surface area contributed by atoms with Gasteiger partial charge in [0, 0.05) is 25.3 Å². The minimum absolute atomic E-state index is 0.153. The molecule has 0 aliphatic carbocycles. The Morgan fingerprint density at radius 3 is 2.50 bits per heavy atom. The van der Waals surface area contributed by atoms with Crippen LogP contribution in [0.15, 0.2) is 24.3 Å². The zero-order chi connectivity index (χ0) is 16.2. The summed E-state index contributed by atoms with van der Waals surface area (Å²) >= 11 is 5.90. The quantitative estimate of drug-likeness (QED) is 0.868. The van der Waals surface area contributed by atoms with E-state index in [4.69, 9.17) is 26.8 Å². The molecule has 1 aromatic rings. The fourth-order valence-corrected chi connectivity index (χ4v) is 2.80. The van der Waals surface area contributed by atoms with Crippen LogP contribution >= 0.6 is 11.6 Å². The Morgan fingerprint density at radius 1 is 1.36 bits per heavy atom. The van der Waals surface area contributed by atoms with Crippen LogP contribution in [-0.2, 0) is 14.3 Å². The SMILES string of the molecule is COC(c1ccc(Cl)cc1)C(C)NC(=O)C1(N)CCOCC1. The van der Waals surface area contributed by atoms with Crippen molar-refractivity contribution in [3.8, 4) is 0 Å². The van der Waals surface area contributed by atoms with E-state index in [-0.39, 0.29) is 18.1 Å². The summed E-state index contributed by atoms with van der Waals surface area (Å²) in [5, 5.41) is 3.64. The predicted molar refractivity (Wildman–Crippen MR) is 85.8 cm³/mol. The van der Waals surface area contributed by atoms with Crippen molar-refractivity contribution in [1.29, 1.82) is 0 Å². The molecule has 0 saturated carbocycles. The summed E-state index contributed by atoms with van der Waals surface area (Å²) in [7, 11) is 1.62. The Bertz CT molecular complexity index is 501. The molecule has 1 fully saturated rings. The van der Waals surface area contributed by atoms with E-state index in [2.05, 4.69) is 5.32 Å². The van der Waals surface area contributed by atoms with Gasteiger partial charge in [-0.2, -0.15) is 0 Å². The summed E-state index contributed by atoms with van der Waals surface area (Å²) in [5.41, 5.74) is 6.30. The minimum Gasteiger partial charge on any atom is -0.381 e. The number of hydrogen-bond acceptors (Lipinski definition) is 4. The third-order valence-corrected chi connectivity index (χ3v) is 4.35. The maximum absolute atomic E-state index is 12.5. The Morgan fingerprint density at radius 2 is 1.95 bits per heavy atom. The molecule has 122 valence electrons. The smallest absolute Gasteiger partial charge is 0.240 e. The van der Waals surface area contributed by atoms with E-state index in [0.717, 1.165) is 5.56 Å². The van der Waals surface area contributed by atoms with E-state index in [1.165, 1.54) is 0 Å². The normalized spacial score (nSPS) is 20.2. The van der Waals surface area contributed by atoms with Gasteiger partial charge in [0.2, 0.25) is 5.91 Å². The van der Waals surface area contributed by atoms with Crippen molar-refractivity contribution in [3.05, 3.63) is 34.9 Å². The lowest BCUT2D eigenvalue weighted by molar-refractivity contribution is -0.131. The molecule has 1 aliphatic rings. The highest BCUT2D eigenvalue weighted by Crippen LogP contribution is 2.24. The van der Waals surface area contributed by atoms with Crippen molar-refractivity contribution >= 4 is 17.5 Å². The molecule has 0 spiro atoms. The fraction of sp³-hybridized carbons (Fsp3) is 0.562. The van der Waals surface area contributed by atoms with Crippen LogP contribution in [-0.4, -0.2) is 37.8 Å². The van der Waals surface area contributed by atoms with Crippen LogP contribution in [0.3, 0.4) is 0 Å². The molecule has 1 aliphatic heterocycles. The number of rotatable bonds is 5. The molecule has 0 radical (unpaired) electrons. The number of hydrogen-bond donors (Lipinski definition) is 2. The van der Waals surface area contributed by atoms with Crippen LogP contribution in [0.4, 0.5) is 0 Å². The molecular formula is C16H23ClN2O3. The summed E-state index contributed by atoms with van der Waals surface area (Å²) in [6.45, 7) is 2.94. The van der Waals surface area contributed by atoms with Gasteiger partial charge in [0.1, 0.15) is 6.10 Å². The van der Waals surface area contributed by atoms with Gasteiger partial charge in [0.15, 0.2) is 0 Å². The monoisotopic (exact) mass is 326 g/mol. The van der Waals surface area contributed by atoms with Crippen molar-refractivity contribution in [2.75, 3.05) is 20.3 Å². The maximum atomic E-state index is 12.5. The van der Waals surface area contributed by atoms with Crippen LogP contribution in [0.25, 0.3) is 0 Å². The lowest BCUT2D eigenvalue weighted by Gasteiger charge is -2.34. The standard InChI is InChI=1S/C16H23ClN2O3/c1-11(14(21-2)12-3-5-13(17)6-4-12)19-15(20)16(18)7-9-22-10-8-16/h3-6,11,14H,7-10,18H2,1-2H3,(H,19,20). The zero-order valence-electron chi connectivity index (χ0n) is 13.0. The van der Waals surface area contributed by atoms with E-state index in [0.29, 0.717) is 31.1 Å². The van der Waals surface area contributed by atoms with Crippen LogP contribution in [0.2, 0.25) is 5.02 Å². The topological polar surface area (TPSA) is 73.6 Å². The van der Waals surface area contributed by atoms with Gasteiger partial charge in [-0.05, 0) is 37.5 Å². The molecule has 0 bridgehead atoms. The maximum Gasteiger partial charge on any atom is 0.240 e. The Hall–Kier alpha value is -1.14. The average molecular weight is 327 g/mol. The van der Waals surface area contributed by atoms with Crippen molar-refractivity contribution in [3.63, 3.8) is 0 Å². The number of carbonyl (C=O) groups is 1. The van der Waals surface area contributed by atoms with Crippen molar-refractivity contribution in [2.24, 2.45) is 5.73 Å². The van der Waals surface area contributed by atoms with Crippen molar-refractivity contribution in [2.45, 2.75) is 37.5 Å². The van der Waals surface area contributed by atoms with E-state index >= 15 is 0 Å². The van der Waals surface area contributed by atoms with E-state index < -0.39 is 5.54 Å². The summed E-state index contributed by atoms with van der Waals surface area (Å²) < 4.78 is 10.8. The van der Waals surface area contributed by atoms with E-state index in [1.54, 1.807) is 19.2 Å². The number of methoxy groups -OCH3 is 1. The fourth-order valence-electron chi connectivity index (χ4n) is 2.67. The Kier molecular flexibility index (Phi) is 5.81. The first-order chi connectivity index (χ1) is 10.5. The molecule has 1 amide bonds. The summed E-state index contributed by atoms with van der Waals surface area (Å²) in [5.74, 6) is -0.153. The molecule has 3 N–H and O–H groups in total. The number of carbonyl (C=O) groups excluding carboxylic acids is 1. The second kappa shape index (κ2) is 7.42. The summed E-state index contributed by atoms with van der Waals surface area (Å²) in [6.07, 6.45) is 0.804. The van der Waals surface area contributed by atoms with Gasteiger partial charge >= 0.3 is 0 Å². The number of nitrogens with two attached hydrogens (primary N) is 1. The lowest BCUT2D eigenvalue weighted by Crippen LogP contribution is -2.59. The number of halogens is 1. The summed E-state index contributed by atoms with van der Waals surface area (Å²) in [4.78, 5) is 12.5. The van der Waals surface area contributed by atoms with Crippen molar-refractivity contribution in [1.82, 2.24) is 5.32 Å². The second-order valence-corrected chi connectivity index (χ2v) is 6.17. The number of benzene rings is 1. The van der Waals surface area contributed by atoms with Gasteiger partial charge in [0.25, 0.3) is 0 Å². The highest BCUT2D eigenvalue weighted by atomic mass is 35.5. The second-order valence-electron chi connectivity index (χ2n) is 5.74. The lowest BCUT2D eigenvalue weighted by atomic mass is 9.89. The molecule has 22 heavy (non-hydrogen) atoms. The summed E-state index contributed by atoms with van der Waals surface area (Å²) in [6, 6.07) is 7.19. The molecule has 2 unspecified atom stereocenters. The highest BCUT2D eigenvalue weighted by Gasteiger charge is 2.37. The van der Waals surface area contributed by atoms with Gasteiger partial charge in [0.05, 0.1) is 11.6 Å². The predicted octanol–water partition coefficient (Wildman–Crippen LogP) is 2.04. The molecule has 1 heterocycles. The third-order valence-electron chi connectivity index (χ3n) is 4.10. The molecule has 1 saturated heterocycles. The Labute approximate surface area is 136 Å². The molecule has 2 atom stereocenters. The molecular weight excluding hydrogens is 304 g/mol. The Balaban J connectivity index is 2.04.